The van der Waals surface area contributed by atoms with Crippen LogP contribution in [0.5, 0.6) is 0 Å². The quantitative estimate of drug-likeness (QED) is 0.781. The maximum Gasteiger partial charge on any atom is 0.258 e. The third-order valence-electron chi connectivity index (χ3n) is 4.16. The fraction of sp³-hybridized carbons (Fsp3) is 0.643. The molecule has 0 aromatic carbocycles. The molecule has 0 bridgehead atoms. The molecule has 0 saturated carbocycles. The topological polar surface area (TPSA) is 76.5 Å². The van der Waals surface area contributed by atoms with E-state index >= 15 is 0 Å². The summed E-state index contributed by atoms with van der Waals surface area (Å²) in [6.45, 7) is 4.63. The third-order valence-corrected chi connectivity index (χ3v) is 4.16. The first-order chi connectivity index (χ1) is 10.1. The van der Waals surface area contributed by atoms with Gasteiger partial charge in [-0.1, -0.05) is 0 Å². The summed E-state index contributed by atoms with van der Waals surface area (Å²) in [5, 5.41) is 3.27. The Balaban J connectivity index is 1.71. The fourth-order valence-corrected chi connectivity index (χ4v) is 2.79. The summed E-state index contributed by atoms with van der Waals surface area (Å²) in [6.07, 6.45) is 0.396. The van der Waals surface area contributed by atoms with Crippen LogP contribution in [0, 0.1) is 6.92 Å². The molecule has 114 valence electrons. The molecular formula is C14H20N4O3. The van der Waals surface area contributed by atoms with Crippen molar-refractivity contribution in [2.45, 2.75) is 32.5 Å². The van der Waals surface area contributed by atoms with Crippen LogP contribution in [-0.2, 0) is 29.7 Å². The maximum absolute atomic E-state index is 12.4. The molecule has 0 unspecified atom stereocenters. The van der Waals surface area contributed by atoms with Gasteiger partial charge in [-0.15, -0.1) is 0 Å². The summed E-state index contributed by atoms with van der Waals surface area (Å²) in [4.78, 5) is 30.7. The van der Waals surface area contributed by atoms with Crippen molar-refractivity contribution < 1.29 is 9.53 Å². The standard InChI is InChI=1S/C14H20N4O3/c1-9-16-12-7-18(6-11(12)14(20)17(9)2)13(19)5-10-8-21-4-3-15-10/h10,15H,3-8H2,1-2H3/t10-/m1/s1. The lowest BCUT2D eigenvalue weighted by atomic mass is 10.2. The van der Waals surface area contributed by atoms with Gasteiger partial charge in [-0.3, -0.25) is 14.2 Å². The number of carbonyl (C=O) groups is 1. The fourth-order valence-electron chi connectivity index (χ4n) is 2.79. The lowest BCUT2D eigenvalue weighted by Gasteiger charge is -2.25. The Morgan fingerprint density at radius 2 is 2.29 bits per heavy atom. The minimum absolute atomic E-state index is 0.0377. The zero-order valence-electron chi connectivity index (χ0n) is 12.4. The SMILES string of the molecule is Cc1nc2c(c(=O)n1C)CN(C(=O)C[C@@H]1COCCN1)C2. The van der Waals surface area contributed by atoms with Crippen molar-refractivity contribution in [3.8, 4) is 0 Å². The van der Waals surface area contributed by atoms with E-state index in [9.17, 15) is 9.59 Å². The molecule has 2 aliphatic rings. The number of fused-ring (bicyclic) bond motifs is 1. The molecule has 2 aliphatic heterocycles. The number of morpholine rings is 1. The lowest BCUT2D eigenvalue weighted by molar-refractivity contribution is -0.133. The summed E-state index contributed by atoms with van der Waals surface area (Å²) in [5.41, 5.74) is 1.33. The zero-order valence-corrected chi connectivity index (χ0v) is 12.4. The van der Waals surface area contributed by atoms with Crippen molar-refractivity contribution in [3.63, 3.8) is 0 Å². The molecule has 0 radical (unpaired) electrons. The molecule has 1 N–H and O–H groups in total. The molecule has 1 atom stereocenters. The second-order valence-corrected chi connectivity index (χ2v) is 5.63. The van der Waals surface area contributed by atoms with E-state index < -0.39 is 0 Å². The van der Waals surface area contributed by atoms with E-state index in [4.69, 9.17) is 4.74 Å². The van der Waals surface area contributed by atoms with Crippen LogP contribution >= 0.6 is 0 Å². The molecule has 3 heterocycles. The number of carbonyl (C=O) groups excluding carboxylic acids is 1. The van der Waals surface area contributed by atoms with E-state index in [-0.39, 0.29) is 17.5 Å². The van der Waals surface area contributed by atoms with Gasteiger partial charge in [0.2, 0.25) is 5.91 Å². The second-order valence-electron chi connectivity index (χ2n) is 5.63. The molecule has 0 spiro atoms. The van der Waals surface area contributed by atoms with Gasteiger partial charge in [0, 0.05) is 26.1 Å². The number of aryl methyl sites for hydroxylation is 1. The predicted molar refractivity (Wildman–Crippen MR) is 75.7 cm³/mol. The van der Waals surface area contributed by atoms with Gasteiger partial charge in [0.25, 0.3) is 5.56 Å². The van der Waals surface area contributed by atoms with Gasteiger partial charge in [-0.2, -0.15) is 0 Å². The minimum Gasteiger partial charge on any atom is -0.378 e. The van der Waals surface area contributed by atoms with Gasteiger partial charge < -0.3 is 15.0 Å². The highest BCUT2D eigenvalue weighted by Gasteiger charge is 2.29. The normalized spacial score (nSPS) is 21.4. The van der Waals surface area contributed by atoms with Crippen molar-refractivity contribution in [1.29, 1.82) is 0 Å². The lowest BCUT2D eigenvalue weighted by Crippen LogP contribution is -2.44. The number of hydrogen-bond acceptors (Lipinski definition) is 5. The molecular weight excluding hydrogens is 272 g/mol. The van der Waals surface area contributed by atoms with Crippen LogP contribution < -0.4 is 10.9 Å². The number of nitrogens with zero attached hydrogens (tertiary/aromatic N) is 3. The highest BCUT2D eigenvalue weighted by Crippen LogP contribution is 2.19. The number of nitrogens with one attached hydrogen (secondary N) is 1. The predicted octanol–water partition coefficient (Wildman–Crippen LogP) is -0.691. The van der Waals surface area contributed by atoms with Crippen molar-refractivity contribution in [3.05, 3.63) is 27.4 Å². The van der Waals surface area contributed by atoms with Crippen LogP contribution in [0.25, 0.3) is 0 Å². The molecule has 1 aromatic rings. The van der Waals surface area contributed by atoms with Crippen LogP contribution in [0.1, 0.15) is 23.5 Å². The maximum atomic E-state index is 12.4. The third kappa shape index (κ3) is 2.71. The van der Waals surface area contributed by atoms with Crippen LogP contribution in [0.4, 0.5) is 0 Å². The van der Waals surface area contributed by atoms with E-state index in [1.54, 1.807) is 18.9 Å². The molecule has 0 aliphatic carbocycles. The summed E-state index contributed by atoms with van der Waals surface area (Å²) in [5.74, 6) is 0.714. The first kappa shape index (κ1) is 14.2. The Kier molecular flexibility index (Phi) is 3.77. The first-order valence-electron chi connectivity index (χ1n) is 7.20. The van der Waals surface area contributed by atoms with E-state index in [1.165, 1.54) is 4.57 Å². The van der Waals surface area contributed by atoms with E-state index in [1.807, 2.05) is 0 Å². The molecule has 3 rings (SSSR count). The van der Waals surface area contributed by atoms with Crippen LogP contribution in [-0.4, -0.2) is 46.2 Å². The van der Waals surface area contributed by atoms with E-state index in [2.05, 4.69) is 10.3 Å². The molecule has 1 amide bonds. The van der Waals surface area contributed by atoms with Crippen molar-refractivity contribution in [1.82, 2.24) is 19.8 Å². The Hall–Kier alpha value is -1.73. The summed E-state index contributed by atoms with van der Waals surface area (Å²) in [7, 11) is 1.71. The number of aromatic nitrogens is 2. The van der Waals surface area contributed by atoms with Gasteiger partial charge in [-0.05, 0) is 6.92 Å². The number of ether oxygens (including phenoxy) is 1. The highest BCUT2D eigenvalue weighted by molar-refractivity contribution is 5.77. The Bertz CT molecular complexity index is 619. The Morgan fingerprint density at radius 3 is 3.00 bits per heavy atom. The van der Waals surface area contributed by atoms with Gasteiger partial charge >= 0.3 is 0 Å². The smallest absolute Gasteiger partial charge is 0.258 e. The van der Waals surface area contributed by atoms with Crippen LogP contribution in [0.15, 0.2) is 4.79 Å². The molecule has 21 heavy (non-hydrogen) atoms. The average Bonchev–Trinajstić information content (AvgIpc) is 2.90. The van der Waals surface area contributed by atoms with E-state index in [0.29, 0.717) is 44.1 Å². The second kappa shape index (κ2) is 5.57. The monoisotopic (exact) mass is 292 g/mol. The molecule has 7 heteroatoms. The van der Waals surface area contributed by atoms with E-state index in [0.717, 1.165) is 12.2 Å². The highest BCUT2D eigenvalue weighted by atomic mass is 16.5. The molecule has 1 aromatic heterocycles. The van der Waals surface area contributed by atoms with Crippen molar-refractivity contribution in [2.75, 3.05) is 19.8 Å². The minimum atomic E-state index is -0.0491. The Labute approximate surface area is 122 Å². The first-order valence-corrected chi connectivity index (χ1v) is 7.20. The number of amides is 1. The van der Waals surface area contributed by atoms with Crippen molar-refractivity contribution >= 4 is 5.91 Å². The molecule has 1 fully saturated rings. The largest absolute Gasteiger partial charge is 0.378 e. The van der Waals surface area contributed by atoms with Gasteiger partial charge in [0.15, 0.2) is 0 Å². The van der Waals surface area contributed by atoms with Gasteiger partial charge in [0.1, 0.15) is 5.82 Å². The van der Waals surface area contributed by atoms with Crippen LogP contribution in [0.2, 0.25) is 0 Å². The van der Waals surface area contributed by atoms with Crippen molar-refractivity contribution in [2.24, 2.45) is 7.05 Å². The zero-order chi connectivity index (χ0) is 15.0. The summed E-state index contributed by atoms with van der Waals surface area (Å²) in [6, 6.07) is 0.0625. The van der Waals surface area contributed by atoms with Gasteiger partial charge in [-0.25, -0.2) is 4.98 Å². The van der Waals surface area contributed by atoms with Crippen LogP contribution in [0.3, 0.4) is 0 Å². The number of rotatable bonds is 2. The number of hydrogen-bond donors (Lipinski definition) is 1. The molecule has 1 saturated heterocycles. The summed E-state index contributed by atoms with van der Waals surface area (Å²) < 4.78 is 6.89. The Morgan fingerprint density at radius 1 is 1.48 bits per heavy atom. The molecule has 7 nitrogen and oxygen atoms in total. The summed E-state index contributed by atoms with van der Waals surface area (Å²) >= 11 is 0. The van der Waals surface area contributed by atoms with Gasteiger partial charge in [0.05, 0.1) is 37.6 Å². The average molecular weight is 292 g/mol.